The smallest absolute Gasteiger partial charge is 0.238 e. The van der Waals surface area contributed by atoms with E-state index >= 15 is 0 Å². The van der Waals surface area contributed by atoms with Crippen LogP contribution in [0.2, 0.25) is 0 Å². The summed E-state index contributed by atoms with van der Waals surface area (Å²) in [5, 5.41) is 2.60. The first-order chi connectivity index (χ1) is 9.55. The summed E-state index contributed by atoms with van der Waals surface area (Å²) >= 11 is 0. The Labute approximate surface area is 119 Å². The minimum atomic E-state index is -0.208. The molecule has 0 aliphatic carbocycles. The molecule has 0 aromatic heterocycles. The molecule has 0 saturated carbocycles. The van der Waals surface area contributed by atoms with Gasteiger partial charge in [0.25, 0.3) is 0 Å². The SMILES string of the molecule is CNC(=O)CCN(C)Cc1ccc(CC(=O)NN)cc1. The number of benzene rings is 1. The summed E-state index contributed by atoms with van der Waals surface area (Å²) in [5.41, 5.74) is 4.17. The van der Waals surface area contributed by atoms with E-state index in [4.69, 9.17) is 5.84 Å². The van der Waals surface area contributed by atoms with Gasteiger partial charge in [0, 0.05) is 26.6 Å². The van der Waals surface area contributed by atoms with Gasteiger partial charge in [-0.15, -0.1) is 0 Å². The molecule has 0 heterocycles. The molecule has 0 aliphatic heterocycles. The summed E-state index contributed by atoms with van der Waals surface area (Å²) in [6.07, 6.45) is 0.769. The van der Waals surface area contributed by atoms with E-state index in [-0.39, 0.29) is 18.2 Å². The quantitative estimate of drug-likeness (QED) is 0.366. The van der Waals surface area contributed by atoms with Crippen LogP contribution < -0.4 is 16.6 Å². The first-order valence-electron chi connectivity index (χ1n) is 6.51. The normalized spacial score (nSPS) is 10.4. The average molecular weight is 278 g/mol. The Hall–Kier alpha value is -1.92. The molecular weight excluding hydrogens is 256 g/mol. The third kappa shape index (κ3) is 5.81. The molecule has 0 saturated heterocycles. The monoisotopic (exact) mass is 278 g/mol. The van der Waals surface area contributed by atoms with E-state index in [0.717, 1.165) is 17.7 Å². The average Bonchev–Trinajstić information content (AvgIpc) is 2.46. The number of hydrazine groups is 1. The Morgan fingerprint density at radius 3 is 2.30 bits per heavy atom. The predicted molar refractivity (Wildman–Crippen MR) is 77.5 cm³/mol. The van der Waals surface area contributed by atoms with Crippen molar-refractivity contribution in [3.8, 4) is 0 Å². The molecule has 1 aromatic rings. The van der Waals surface area contributed by atoms with Crippen LogP contribution in [0.25, 0.3) is 0 Å². The number of hydrogen-bond donors (Lipinski definition) is 3. The van der Waals surface area contributed by atoms with Crippen molar-refractivity contribution < 1.29 is 9.59 Å². The number of nitrogens with one attached hydrogen (secondary N) is 2. The first kappa shape index (κ1) is 16.1. The zero-order valence-corrected chi connectivity index (χ0v) is 12.0. The highest BCUT2D eigenvalue weighted by Gasteiger charge is 2.05. The van der Waals surface area contributed by atoms with Crippen LogP contribution in [0.5, 0.6) is 0 Å². The molecule has 1 aromatic carbocycles. The largest absolute Gasteiger partial charge is 0.359 e. The molecule has 6 heteroatoms. The summed E-state index contributed by atoms with van der Waals surface area (Å²) in [6.45, 7) is 1.47. The van der Waals surface area contributed by atoms with Crippen LogP contribution in [0.1, 0.15) is 17.5 Å². The Balaban J connectivity index is 2.44. The van der Waals surface area contributed by atoms with Gasteiger partial charge in [-0.3, -0.25) is 15.0 Å². The summed E-state index contributed by atoms with van der Waals surface area (Å²) in [6, 6.07) is 7.79. The van der Waals surface area contributed by atoms with Crippen molar-refractivity contribution in [1.29, 1.82) is 0 Å². The molecule has 2 amide bonds. The lowest BCUT2D eigenvalue weighted by Crippen LogP contribution is -2.31. The van der Waals surface area contributed by atoms with Crippen LogP contribution in [0.4, 0.5) is 0 Å². The summed E-state index contributed by atoms with van der Waals surface area (Å²) in [7, 11) is 3.61. The lowest BCUT2D eigenvalue weighted by Gasteiger charge is -2.16. The van der Waals surface area contributed by atoms with Gasteiger partial charge in [-0.25, -0.2) is 5.84 Å². The van der Waals surface area contributed by atoms with Gasteiger partial charge in [-0.05, 0) is 18.2 Å². The molecule has 0 atom stereocenters. The van der Waals surface area contributed by atoms with Gasteiger partial charge in [0.2, 0.25) is 11.8 Å². The highest BCUT2D eigenvalue weighted by atomic mass is 16.2. The topological polar surface area (TPSA) is 87.5 Å². The minimum Gasteiger partial charge on any atom is -0.359 e. The maximum Gasteiger partial charge on any atom is 0.238 e. The van der Waals surface area contributed by atoms with Crippen molar-refractivity contribution in [2.45, 2.75) is 19.4 Å². The van der Waals surface area contributed by atoms with E-state index in [2.05, 4.69) is 15.6 Å². The van der Waals surface area contributed by atoms with Crippen molar-refractivity contribution in [2.24, 2.45) is 5.84 Å². The van der Waals surface area contributed by atoms with Gasteiger partial charge in [0.1, 0.15) is 0 Å². The Morgan fingerprint density at radius 1 is 1.15 bits per heavy atom. The molecule has 6 nitrogen and oxygen atoms in total. The molecule has 0 spiro atoms. The molecule has 0 unspecified atom stereocenters. The van der Waals surface area contributed by atoms with Crippen molar-refractivity contribution >= 4 is 11.8 Å². The Kier molecular flexibility index (Phi) is 6.69. The van der Waals surface area contributed by atoms with Crippen molar-refractivity contribution in [2.75, 3.05) is 20.6 Å². The zero-order chi connectivity index (χ0) is 15.0. The lowest BCUT2D eigenvalue weighted by atomic mass is 10.1. The number of hydrogen-bond acceptors (Lipinski definition) is 4. The van der Waals surface area contributed by atoms with Crippen LogP contribution in [0, 0.1) is 0 Å². The first-order valence-corrected chi connectivity index (χ1v) is 6.51. The van der Waals surface area contributed by atoms with Crippen LogP contribution >= 0.6 is 0 Å². The fourth-order valence-corrected chi connectivity index (χ4v) is 1.81. The maximum atomic E-state index is 11.2. The number of nitrogens with zero attached hydrogens (tertiary/aromatic N) is 1. The second-order valence-corrected chi connectivity index (χ2v) is 4.72. The number of carbonyl (C=O) groups is 2. The van der Waals surface area contributed by atoms with E-state index in [9.17, 15) is 9.59 Å². The molecule has 20 heavy (non-hydrogen) atoms. The van der Waals surface area contributed by atoms with Gasteiger partial charge < -0.3 is 10.2 Å². The second kappa shape index (κ2) is 8.29. The van der Waals surface area contributed by atoms with Gasteiger partial charge in [-0.2, -0.15) is 0 Å². The highest BCUT2D eigenvalue weighted by molar-refractivity contribution is 5.77. The minimum absolute atomic E-state index is 0.0417. The van der Waals surface area contributed by atoms with Gasteiger partial charge >= 0.3 is 0 Å². The van der Waals surface area contributed by atoms with Crippen molar-refractivity contribution in [3.63, 3.8) is 0 Å². The van der Waals surface area contributed by atoms with E-state index in [1.165, 1.54) is 0 Å². The molecule has 0 aliphatic rings. The van der Waals surface area contributed by atoms with Crippen LogP contribution in [-0.4, -0.2) is 37.4 Å². The lowest BCUT2D eigenvalue weighted by molar-refractivity contribution is -0.121. The standard InChI is InChI=1S/C14H22N4O2/c1-16-13(19)7-8-18(2)10-12-5-3-11(4-6-12)9-14(20)17-15/h3-6H,7-10,15H2,1-2H3,(H,16,19)(H,17,20). The van der Waals surface area contributed by atoms with Gasteiger partial charge in [0.05, 0.1) is 6.42 Å². The summed E-state index contributed by atoms with van der Waals surface area (Å²) < 4.78 is 0. The van der Waals surface area contributed by atoms with Crippen LogP contribution in [0.15, 0.2) is 24.3 Å². The fraction of sp³-hybridized carbons (Fsp3) is 0.429. The number of nitrogens with two attached hydrogens (primary N) is 1. The number of amides is 2. The molecule has 0 radical (unpaired) electrons. The highest BCUT2D eigenvalue weighted by Crippen LogP contribution is 2.07. The van der Waals surface area contributed by atoms with Crippen molar-refractivity contribution in [1.82, 2.24) is 15.6 Å². The maximum absolute atomic E-state index is 11.2. The van der Waals surface area contributed by atoms with E-state index in [1.54, 1.807) is 7.05 Å². The molecule has 0 bridgehead atoms. The molecule has 4 N–H and O–H groups in total. The molecule has 1 rings (SSSR count). The van der Waals surface area contributed by atoms with Crippen molar-refractivity contribution in [3.05, 3.63) is 35.4 Å². The van der Waals surface area contributed by atoms with E-state index < -0.39 is 0 Å². The number of rotatable bonds is 7. The summed E-state index contributed by atoms with van der Waals surface area (Å²) in [5.74, 6) is 4.88. The Morgan fingerprint density at radius 2 is 1.75 bits per heavy atom. The van der Waals surface area contributed by atoms with Crippen LogP contribution in [-0.2, 0) is 22.6 Å². The second-order valence-electron chi connectivity index (χ2n) is 4.72. The predicted octanol–water partition coefficient (Wildman–Crippen LogP) is -0.213. The third-order valence-electron chi connectivity index (χ3n) is 3.00. The van der Waals surface area contributed by atoms with Gasteiger partial charge in [0.15, 0.2) is 0 Å². The summed E-state index contributed by atoms with van der Waals surface area (Å²) in [4.78, 5) is 24.4. The Bertz CT molecular complexity index is 445. The zero-order valence-electron chi connectivity index (χ0n) is 12.0. The molecule has 110 valence electrons. The molecule has 0 fully saturated rings. The van der Waals surface area contributed by atoms with E-state index in [0.29, 0.717) is 13.0 Å². The van der Waals surface area contributed by atoms with Crippen LogP contribution in [0.3, 0.4) is 0 Å². The third-order valence-corrected chi connectivity index (χ3v) is 3.00. The molecular formula is C14H22N4O2. The fourth-order valence-electron chi connectivity index (χ4n) is 1.81. The van der Waals surface area contributed by atoms with Gasteiger partial charge in [-0.1, -0.05) is 24.3 Å². The van der Waals surface area contributed by atoms with E-state index in [1.807, 2.05) is 31.3 Å². The number of carbonyl (C=O) groups excluding carboxylic acids is 2.